The summed E-state index contributed by atoms with van der Waals surface area (Å²) < 4.78 is 5.29. The number of nitrogens with one attached hydrogen (secondary N) is 1. The minimum Gasteiger partial charge on any atom is -0.495 e. The number of hydrogen-bond donors (Lipinski definition) is 1. The highest BCUT2D eigenvalue weighted by atomic mass is 35.5. The second-order valence-corrected chi connectivity index (χ2v) is 5.77. The topological polar surface area (TPSA) is 67.4 Å². The maximum atomic E-state index is 12.4. The van der Waals surface area contributed by atoms with Crippen LogP contribution in [0.2, 0.25) is 5.02 Å². The van der Waals surface area contributed by atoms with Gasteiger partial charge in [0.15, 0.2) is 0 Å². The molecule has 0 spiro atoms. The molecule has 0 unspecified atom stereocenters. The maximum Gasteiger partial charge on any atom is 0.272 e. The van der Waals surface area contributed by atoms with Crippen LogP contribution in [-0.2, 0) is 0 Å². The minimum atomic E-state index is -0.132. The zero-order valence-electron chi connectivity index (χ0n) is 14.0. The summed E-state index contributed by atoms with van der Waals surface area (Å²) in [5.41, 5.74) is 1.01. The number of anilines is 2. The lowest BCUT2D eigenvalue weighted by molar-refractivity contribution is 0.0787. The van der Waals surface area contributed by atoms with Crippen LogP contribution in [0, 0.1) is 0 Å². The van der Waals surface area contributed by atoms with Gasteiger partial charge in [0, 0.05) is 24.7 Å². The Labute approximate surface area is 146 Å². The first kappa shape index (κ1) is 18.0. The number of rotatable bonds is 7. The Balaban J connectivity index is 2.19. The highest BCUT2D eigenvalue weighted by molar-refractivity contribution is 6.31. The van der Waals surface area contributed by atoms with E-state index in [2.05, 4.69) is 22.2 Å². The second-order valence-electron chi connectivity index (χ2n) is 5.34. The van der Waals surface area contributed by atoms with Gasteiger partial charge in [-0.25, -0.2) is 9.97 Å². The van der Waals surface area contributed by atoms with Gasteiger partial charge in [-0.1, -0.05) is 24.9 Å². The summed E-state index contributed by atoms with van der Waals surface area (Å²) in [6, 6.07) is 6.85. The number of hydrogen-bond acceptors (Lipinski definition) is 5. The summed E-state index contributed by atoms with van der Waals surface area (Å²) in [5, 5.41) is 3.68. The highest BCUT2D eigenvalue weighted by Crippen LogP contribution is 2.29. The summed E-state index contributed by atoms with van der Waals surface area (Å²) in [5.74, 6) is 0.996. The number of halogens is 1. The first-order chi connectivity index (χ1) is 11.5. The van der Waals surface area contributed by atoms with E-state index in [9.17, 15) is 4.79 Å². The van der Waals surface area contributed by atoms with Crippen molar-refractivity contribution in [2.24, 2.45) is 0 Å². The van der Waals surface area contributed by atoms with Crippen molar-refractivity contribution >= 4 is 29.0 Å². The van der Waals surface area contributed by atoms with Gasteiger partial charge in [-0.15, -0.1) is 0 Å². The monoisotopic (exact) mass is 348 g/mol. The molecule has 0 saturated carbocycles. The number of unbranched alkanes of at least 4 members (excludes halogenated alkanes) is 1. The van der Waals surface area contributed by atoms with Crippen molar-refractivity contribution in [3.63, 3.8) is 0 Å². The van der Waals surface area contributed by atoms with E-state index in [0.717, 1.165) is 12.8 Å². The van der Waals surface area contributed by atoms with Crippen LogP contribution in [0.3, 0.4) is 0 Å². The number of ether oxygens (including phenoxy) is 1. The normalized spacial score (nSPS) is 10.3. The van der Waals surface area contributed by atoms with E-state index in [1.165, 1.54) is 6.33 Å². The predicted octanol–water partition coefficient (Wildman–Crippen LogP) is 3.75. The lowest BCUT2D eigenvalue weighted by Crippen LogP contribution is -2.28. The Morgan fingerprint density at radius 2 is 2.12 bits per heavy atom. The lowest BCUT2D eigenvalue weighted by Gasteiger charge is -2.16. The van der Waals surface area contributed by atoms with Gasteiger partial charge >= 0.3 is 0 Å². The van der Waals surface area contributed by atoms with Crippen LogP contribution in [0.1, 0.15) is 30.3 Å². The molecule has 1 heterocycles. The standard InChI is InChI=1S/C17H21ClN4O2/c1-4-5-8-22(2)17(23)14-10-16(20-11-19-14)21-13-9-12(18)6-7-15(13)24-3/h6-7,9-11H,4-5,8H2,1-3H3,(H,19,20,21). The number of carbonyl (C=O) groups is 1. The molecule has 1 N–H and O–H groups in total. The largest absolute Gasteiger partial charge is 0.495 e. The molecule has 1 amide bonds. The third-order valence-corrected chi connectivity index (χ3v) is 3.74. The number of nitrogens with zero attached hydrogens (tertiary/aromatic N) is 3. The first-order valence-corrected chi connectivity index (χ1v) is 8.11. The van der Waals surface area contributed by atoms with Gasteiger partial charge in [0.1, 0.15) is 23.6 Å². The third kappa shape index (κ3) is 4.58. The lowest BCUT2D eigenvalue weighted by atomic mass is 10.2. The number of carbonyl (C=O) groups excluding carboxylic acids is 1. The average Bonchev–Trinajstić information content (AvgIpc) is 2.59. The minimum absolute atomic E-state index is 0.132. The second kappa shape index (κ2) is 8.49. The molecule has 2 rings (SSSR count). The molecule has 128 valence electrons. The Hall–Kier alpha value is -2.34. The maximum absolute atomic E-state index is 12.4. The van der Waals surface area contributed by atoms with E-state index in [1.54, 1.807) is 43.3 Å². The number of amides is 1. The predicted molar refractivity (Wildman–Crippen MR) is 95.2 cm³/mol. The van der Waals surface area contributed by atoms with E-state index >= 15 is 0 Å². The summed E-state index contributed by atoms with van der Waals surface area (Å²) in [4.78, 5) is 22.3. The molecule has 0 radical (unpaired) electrons. The molecule has 6 nitrogen and oxygen atoms in total. The van der Waals surface area contributed by atoms with Gasteiger partial charge < -0.3 is 15.0 Å². The highest BCUT2D eigenvalue weighted by Gasteiger charge is 2.14. The van der Waals surface area contributed by atoms with Crippen molar-refractivity contribution in [2.75, 3.05) is 26.0 Å². The SMILES string of the molecule is CCCCN(C)C(=O)c1cc(Nc2cc(Cl)ccc2OC)ncn1. The van der Waals surface area contributed by atoms with Crippen molar-refractivity contribution in [1.29, 1.82) is 0 Å². The Kier molecular flexibility index (Phi) is 6.37. The van der Waals surface area contributed by atoms with Crippen LogP contribution in [0.5, 0.6) is 5.75 Å². The van der Waals surface area contributed by atoms with E-state index in [1.807, 2.05) is 0 Å². The van der Waals surface area contributed by atoms with Gasteiger partial charge in [-0.2, -0.15) is 0 Å². The molecule has 0 saturated heterocycles. The number of benzene rings is 1. The Morgan fingerprint density at radius 1 is 1.33 bits per heavy atom. The van der Waals surface area contributed by atoms with Crippen LogP contribution in [0.25, 0.3) is 0 Å². The Morgan fingerprint density at radius 3 is 2.83 bits per heavy atom. The van der Waals surface area contributed by atoms with Crippen LogP contribution in [0.15, 0.2) is 30.6 Å². The van der Waals surface area contributed by atoms with Crippen molar-refractivity contribution in [3.05, 3.63) is 41.3 Å². The number of aromatic nitrogens is 2. The van der Waals surface area contributed by atoms with Crippen LogP contribution < -0.4 is 10.1 Å². The van der Waals surface area contributed by atoms with E-state index < -0.39 is 0 Å². The number of methoxy groups -OCH3 is 1. The molecule has 24 heavy (non-hydrogen) atoms. The first-order valence-electron chi connectivity index (χ1n) is 7.73. The molecule has 1 aromatic heterocycles. The summed E-state index contributed by atoms with van der Waals surface area (Å²) in [6.07, 6.45) is 3.35. The molecule has 7 heteroatoms. The van der Waals surface area contributed by atoms with E-state index in [-0.39, 0.29) is 5.91 Å². The molecule has 1 aromatic carbocycles. The average molecular weight is 349 g/mol. The van der Waals surface area contributed by atoms with Gasteiger partial charge in [0.25, 0.3) is 5.91 Å². The zero-order chi connectivity index (χ0) is 17.5. The van der Waals surface area contributed by atoms with Crippen LogP contribution in [0.4, 0.5) is 11.5 Å². The summed E-state index contributed by atoms with van der Waals surface area (Å²) >= 11 is 6.02. The molecular weight excluding hydrogens is 328 g/mol. The fourth-order valence-electron chi connectivity index (χ4n) is 2.15. The smallest absolute Gasteiger partial charge is 0.272 e. The van der Waals surface area contributed by atoms with Crippen molar-refractivity contribution in [2.45, 2.75) is 19.8 Å². The molecule has 0 atom stereocenters. The van der Waals surface area contributed by atoms with E-state index in [0.29, 0.717) is 34.5 Å². The zero-order valence-corrected chi connectivity index (χ0v) is 14.8. The van der Waals surface area contributed by atoms with Gasteiger partial charge in [0.05, 0.1) is 12.8 Å². The van der Waals surface area contributed by atoms with Crippen LogP contribution in [-0.4, -0.2) is 41.5 Å². The molecule has 0 aliphatic rings. The molecule has 0 aliphatic carbocycles. The molecule has 2 aromatic rings. The summed E-state index contributed by atoms with van der Waals surface area (Å²) in [7, 11) is 3.35. The fraction of sp³-hybridized carbons (Fsp3) is 0.353. The molecular formula is C17H21ClN4O2. The Bertz CT molecular complexity index is 709. The van der Waals surface area contributed by atoms with Gasteiger partial charge in [0.2, 0.25) is 0 Å². The van der Waals surface area contributed by atoms with Crippen molar-refractivity contribution < 1.29 is 9.53 Å². The van der Waals surface area contributed by atoms with Crippen molar-refractivity contribution in [3.8, 4) is 5.75 Å². The van der Waals surface area contributed by atoms with Gasteiger partial charge in [-0.3, -0.25) is 4.79 Å². The van der Waals surface area contributed by atoms with Gasteiger partial charge in [-0.05, 0) is 24.6 Å². The molecule has 0 fully saturated rings. The molecule has 0 aliphatic heterocycles. The third-order valence-electron chi connectivity index (χ3n) is 3.50. The quantitative estimate of drug-likeness (QED) is 0.825. The molecule has 0 bridgehead atoms. The van der Waals surface area contributed by atoms with Crippen LogP contribution >= 0.6 is 11.6 Å². The summed E-state index contributed by atoms with van der Waals surface area (Å²) in [6.45, 7) is 2.79. The van der Waals surface area contributed by atoms with E-state index in [4.69, 9.17) is 16.3 Å². The van der Waals surface area contributed by atoms with Crippen molar-refractivity contribution in [1.82, 2.24) is 14.9 Å². The fourth-order valence-corrected chi connectivity index (χ4v) is 2.32.